The Hall–Kier alpha value is 0.830. The van der Waals surface area contributed by atoms with Gasteiger partial charge < -0.3 is 12.4 Å². The average molecular weight is 338 g/mol. The standard InChI is InChI=1S/C10H21.Hf.H2O/c1-4-5-6-7-8-9-10(2)3;;/h10H,1,4-9H2,2-3H3;;1H2/q-1;;. The molecule has 0 radical (unpaired) electrons. The van der Waals surface area contributed by atoms with Crippen molar-refractivity contribution in [2.75, 3.05) is 0 Å². The SMILES string of the molecule is O.[CH2-]CCCCCCC(C)C.[Hf]. The smallest absolute Gasteiger partial charge is 0 e. The Morgan fingerprint density at radius 2 is 1.50 bits per heavy atom. The van der Waals surface area contributed by atoms with E-state index in [0.29, 0.717) is 0 Å². The summed E-state index contributed by atoms with van der Waals surface area (Å²) in [5, 5.41) is 0. The third-order valence-electron chi connectivity index (χ3n) is 1.78. The van der Waals surface area contributed by atoms with Crippen LogP contribution >= 0.6 is 0 Å². The molecule has 74 valence electrons. The van der Waals surface area contributed by atoms with E-state index in [0.717, 1.165) is 12.3 Å². The van der Waals surface area contributed by atoms with Crippen LogP contribution in [-0.4, -0.2) is 5.48 Å². The van der Waals surface area contributed by atoms with Crippen molar-refractivity contribution >= 4 is 0 Å². The van der Waals surface area contributed by atoms with Gasteiger partial charge in [0.1, 0.15) is 0 Å². The van der Waals surface area contributed by atoms with Gasteiger partial charge in [-0.05, 0) is 5.92 Å². The fraction of sp³-hybridized carbons (Fsp3) is 0.900. The zero-order chi connectivity index (χ0) is 7.82. The summed E-state index contributed by atoms with van der Waals surface area (Å²) in [6, 6.07) is 0. The molecule has 0 aromatic heterocycles. The summed E-state index contributed by atoms with van der Waals surface area (Å²) in [4.78, 5) is 0. The second-order valence-corrected chi connectivity index (χ2v) is 3.45. The van der Waals surface area contributed by atoms with Crippen LogP contribution in [0.1, 0.15) is 52.4 Å². The van der Waals surface area contributed by atoms with E-state index >= 15 is 0 Å². The molecule has 0 aliphatic rings. The van der Waals surface area contributed by atoms with Crippen LogP contribution in [0.5, 0.6) is 0 Å². The third-order valence-corrected chi connectivity index (χ3v) is 1.78. The van der Waals surface area contributed by atoms with E-state index in [2.05, 4.69) is 20.8 Å². The molecule has 0 aliphatic heterocycles. The zero-order valence-corrected chi connectivity index (χ0v) is 12.1. The molecule has 0 aromatic rings. The Morgan fingerprint density at radius 1 is 1.00 bits per heavy atom. The maximum Gasteiger partial charge on any atom is 0 e. The molecule has 1 nitrogen and oxygen atoms in total. The fourth-order valence-corrected chi connectivity index (χ4v) is 1.08. The molecule has 0 bridgehead atoms. The number of hydrogen-bond acceptors (Lipinski definition) is 0. The normalized spacial score (nSPS) is 9.00. The van der Waals surface area contributed by atoms with Gasteiger partial charge in [0.2, 0.25) is 0 Å². The van der Waals surface area contributed by atoms with Crippen LogP contribution < -0.4 is 0 Å². The molecule has 0 spiro atoms. The largest absolute Gasteiger partial charge is 0.412 e. The van der Waals surface area contributed by atoms with E-state index in [1.807, 2.05) is 0 Å². The number of unbranched alkanes of at least 4 members (excludes halogenated alkanes) is 4. The summed E-state index contributed by atoms with van der Waals surface area (Å²) in [5.74, 6) is 0.889. The van der Waals surface area contributed by atoms with Crippen molar-refractivity contribution in [2.24, 2.45) is 5.92 Å². The molecule has 2 N–H and O–H groups in total. The Balaban J connectivity index is -0.000000405. The first-order valence-corrected chi connectivity index (χ1v) is 4.56. The van der Waals surface area contributed by atoms with Crippen molar-refractivity contribution in [2.45, 2.75) is 52.4 Å². The molecule has 0 unspecified atom stereocenters. The second-order valence-electron chi connectivity index (χ2n) is 3.45. The molecule has 0 saturated carbocycles. The maximum atomic E-state index is 3.82. The van der Waals surface area contributed by atoms with Gasteiger partial charge in [0.05, 0.1) is 0 Å². The van der Waals surface area contributed by atoms with Crippen LogP contribution in [0.15, 0.2) is 0 Å². The van der Waals surface area contributed by atoms with Crippen molar-refractivity contribution in [3.8, 4) is 0 Å². The molecule has 12 heavy (non-hydrogen) atoms. The van der Waals surface area contributed by atoms with Crippen molar-refractivity contribution in [3.05, 3.63) is 6.92 Å². The van der Waals surface area contributed by atoms with E-state index in [9.17, 15) is 0 Å². The minimum atomic E-state index is 0. The summed E-state index contributed by atoms with van der Waals surface area (Å²) in [6.45, 7) is 8.40. The fourth-order valence-electron chi connectivity index (χ4n) is 1.08. The Morgan fingerprint density at radius 3 is 1.92 bits per heavy atom. The Bertz CT molecular complexity index is 64.9. The number of hydrogen-bond donors (Lipinski definition) is 0. The average Bonchev–Trinajstić information content (AvgIpc) is 1.87. The molecular weight excluding hydrogens is 315 g/mol. The molecule has 0 heterocycles. The second kappa shape index (κ2) is 14.4. The maximum absolute atomic E-state index is 3.82. The van der Waals surface area contributed by atoms with E-state index in [1.54, 1.807) is 0 Å². The Kier molecular flexibility index (Phi) is 22.2. The Labute approximate surface area is 96.4 Å². The van der Waals surface area contributed by atoms with Gasteiger partial charge in [-0.3, -0.25) is 0 Å². The van der Waals surface area contributed by atoms with Crippen LogP contribution in [0.2, 0.25) is 0 Å². The monoisotopic (exact) mass is 339 g/mol. The molecule has 0 rings (SSSR count). The molecule has 0 amide bonds. The van der Waals surface area contributed by atoms with Crippen molar-refractivity contribution < 1.29 is 31.3 Å². The minimum absolute atomic E-state index is 0. The summed E-state index contributed by atoms with van der Waals surface area (Å²) in [7, 11) is 0. The van der Waals surface area contributed by atoms with Gasteiger partial charge in [-0.15, -0.1) is 0 Å². The first kappa shape index (κ1) is 18.6. The molecule has 2 heteroatoms. The molecule has 0 aromatic carbocycles. The minimum Gasteiger partial charge on any atom is -0.412 e. The zero-order valence-electron chi connectivity index (χ0n) is 8.53. The van der Waals surface area contributed by atoms with E-state index in [-0.39, 0.29) is 31.3 Å². The van der Waals surface area contributed by atoms with Gasteiger partial charge in [-0.1, -0.05) is 46.0 Å². The van der Waals surface area contributed by atoms with Crippen LogP contribution in [-0.2, 0) is 25.8 Å². The van der Waals surface area contributed by atoms with Gasteiger partial charge in [-0.2, -0.15) is 6.42 Å². The summed E-state index contributed by atoms with van der Waals surface area (Å²) < 4.78 is 0. The van der Waals surface area contributed by atoms with E-state index < -0.39 is 0 Å². The first-order chi connectivity index (χ1) is 4.77. The summed E-state index contributed by atoms with van der Waals surface area (Å²) in [5.41, 5.74) is 0. The molecular formula is C10H23HfO-. The van der Waals surface area contributed by atoms with Crippen LogP contribution in [0.3, 0.4) is 0 Å². The van der Waals surface area contributed by atoms with Gasteiger partial charge in [0.25, 0.3) is 0 Å². The molecule has 0 atom stereocenters. The van der Waals surface area contributed by atoms with E-state index in [1.165, 1.54) is 32.1 Å². The van der Waals surface area contributed by atoms with Crippen molar-refractivity contribution in [1.29, 1.82) is 0 Å². The quantitative estimate of drug-likeness (QED) is 0.405. The van der Waals surface area contributed by atoms with Gasteiger partial charge in [0.15, 0.2) is 0 Å². The predicted molar refractivity (Wildman–Crippen MR) is 51.5 cm³/mol. The van der Waals surface area contributed by atoms with Gasteiger partial charge in [0, 0.05) is 25.8 Å². The molecule has 0 saturated heterocycles. The first-order valence-electron chi connectivity index (χ1n) is 4.56. The molecule has 0 aliphatic carbocycles. The van der Waals surface area contributed by atoms with Gasteiger partial charge >= 0.3 is 0 Å². The topological polar surface area (TPSA) is 31.5 Å². The number of rotatable bonds is 6. The van der Waals surface area contributed by atoms with E-state index in [4.69, 9.17) is 0 Å². The summed E-state index contributed by atoms with van der Waals surface area (Å²) in [6.07, 6.45) is 8.04. The molecule has 0 fully saturated rings. The third kappa shape index (κ3) is 17.1. The summed E-state index contributed by atoms with van der Waals surface area (Å²) >= 11 is 0. The predicted octanol–water partition coefficient (Wildman–Crippen LogP) is 2.99. The van der Waals surface area contributed by atoms with Crippen molar-refractivity contribution in [3.63, 3.8) is 0 Å². The van der Waals surface area contributed by atoms with Crippen LogP contribution in [0.25, 0.3) is 0 Å². The van der Waals surface area contributed by atoms with Gasteiger partial charge in [-0.25, -0.2) is 0 Å². The van der Waals surface area contributed by atoms with Crippen molar-refractivity contribution in [1.82, 2.24) is 0 Å². The van der Waals surface area contributed by atoms with Crippen LogP contribution in [0.4, 0.5) is 0 Å². The van der Waals surface area contributed by atoms with Crippen LogP contribution in [0, 0.1) is 12.8 Å².